The van der Waals surface area contributed by atoms with Crippen molar-refractivity contribution < 1.29 is 4.79 Å². The molecular weight excluding hydrogens is 260 g/mol. The van der Waals surface area contributed by atoms with Crippen LogP contribution >= 0.6 is 0 Å². The molecule has 2 heterocycles. The van der Waals surface area contributed by atoms with Crippen LogP contribution in [0.5, 0.6) is 0 Å². The minimum absolute atomic E-state index is 0.192. The number of likely N-dealkylation sites (tertiary alicyclic amines) is 1. The van der Waals surface area contributed by atoms with Crippen molar-refractivity contribution in [2.45, 2.75) is 18.9 Å². The molecule has 2 aromatic carbocycles. The lowest BCUT2D eigenvalue weighted by atomic mass is 9.92. The van der Waals surface area contributed by atoms with E-state index in [0.717, 1.165) is 42.4 Å². The van der Waals surface area contributed by atoms with Gasteiger partial charge in [-0.3, -0.25) is 4.79 Å². The Morgan fingerprint density at radius 3 is 2.90 bits per heavy atom. The Bertz CT molecular complexity index is 676. The summed E-state index contributed by atoms with van der Waals surface area (Å²) in [6.45, 7) is 2.88. The fourth-order valence-electron chi connectivity index (χ4n) is 3.81. The molecule has 2 aromatic rings. The van der Waals surface area contributed by atoms with Gasteiger partial charge in [-0.25, -0.2) is 0 Å². The van der Waals surface area contributed by atoms with Gasteiger partial charge >= 0.3 is 0 Å². The molecule has 3 heteroatoms. The Morgan fingerprint density at radius 2 is 1.95 bits per heavy atom. The standard InChI is InChI=1S/C18H20N2O/c21-18(20-11-9-17-14(12-20)8-10-19-17)16-7-3-5-13-4-1-2-6-15(13)16/h1-7,14,17,19H,8-12H2. The van der Waals surface area contributed by atoms with Gasteiger partial charge in [0.05, 0.1) is 0 Å². The molecule has 2 saturated heterocycles. The quantitative estimate of drug-likeness (QED) is 0.871. The van der Waals surface area contributed by atoms with Crippen LogP contribution in [0.4, 0.5) is 0 Å². The smallest absolute Gasteiger partial charge is 0.254 e. The minimum Gasteiger partial charge on any atom is -0.338 e. The molecule has 0 bridgehead atoms. The van der Waals surface area contributed by atoms with E-state index in [9.17, 15) is 4.79 Å². The van der Waals surface area contributed by atoms with Gasteiger partial charge in [0.15, 0.2) is 0 Å². The zero-order valence-electron chi connectivity index (χ0n) is 12.1. The van der Waals surface area contributed by atoms with Crippen LogP contribution in [0.2, 0.25) is 0 Å². The third-order valence-corrected chi connectivity index (χ3v) is 4.96. The van der Waals surface area contributed by atoms with Gasteiger partial charge in [0, 0.05) is 24.7 Å². The minimum atomic E-state index is 0.192. The summed E-state index contributed by atoms with van der Waals surface area (Å²) in [5.41, 5.74) is 0.845. The van der Waals surface area contributed by atoms with Gasteiger partial charge in [0.25, 0.3) is 5.91 Å². The average Bonchev–Trinajstić information content (AvgIpc) is 3.01. The molecule has 2 aliphatic heterocycles. The molecule has 2 fully saturated rings. The first-order valence-electron chi connectivity index (χ1n) is 7.83. The highest BCUT2D eigenvalue weighted by Gasteiger charge is 2.34. The van der Waals surface area contributed by atoms with Crippen molar-refractivity contribution in [3.63, 3.8) is 0 Å². The first kappa shape index (κ1) is 12.8. The summed E-state index contributed by atoms with van der Waals surface area (Å²) in [7, 11) is 0. The zero-order valence-corrected chi connectivity index (χ0v) is 12.1. The predicted octanol–water partition coefficient (Wildman–Crippen LogP) is 2.66. The largest absolute Gasteiger partial charge is 0.338 e. The second-order valence-corrected chi connectivity index (χ2v) is 6.18. The van der Waals surface area contributed by atoms with Crippen molar-refractivity contribution in [1.29, 1.82) is 0 Å². The molecule has 1 amide bonds. The number of fused-ring (bicyclic) bond motifs is 2. The fourth-order valence-corrected chi connectivity index (χ4v) is 3.81. The Kier molecular flexibility index (Phi) is 3.15. The summed E-state index contributed by atoms with van der Waals surface area (Å²) in [5, 5.41) is 5.76. The molecule has 4 rings (SSSR count). The topological polar surface area (TPSA) is 32.3 Å². The number of nitrogens with one attached hydrogen (secondary N) is 1. The highest BCUT2D eigenvalue weighted by molar-refractivity contribution is 6.07. The Balaban J connectivity index is 1.64. The molecule has 0 spiro atoms. The van der Waals surface area contributed by atoms with Gasteiger partial charge in [-0.2, -0.15) is 0 Å². The van der Waals surface area contributed by atoms with E-state index in [4.69, 9.17) is 0 Å². The average molecular weight is 280 g/mol. The second-order valence-electron chi connectivity index (χ2n) is 6.18. The lowest BCUT2D eigenvalue weighted by molar-refractivity contribution is 0.0664. The number of hydrogen-bond donors (Lipinski definition) is 1. The molecule has 0 aromatic heterocycles. The molecule has 0 radical (unpaired) electrons. The summed E-state index contributed by atoms with van der Waals surface area (Å²) in [5.74, 6) is 0.829. The van der Waals surface area contributed by atoms with Gasteiger partial charge in [0.2, 0.25) is 0 Å². The first-order chi connectivity index (χ1) is 10.3. The number of carbonyl (C=O) groups excluding carboxylic acids is 1. The summed E-state index contributed by atoms with van der Waals surface area (Å²) in [6, 6.07) is 14.8. The van der Waals surface area contributed by atoms with Crippen LogP contribution in [-0.4, -0.2) is 36.5 Å². The predicted molar refractivity (Wildman–Crippen MR) is 84.4 cm³/mol. The van der Waals surface area contributed by atoms with Crippen LogP contribution in [0.3, 0.4) is 0 Å². The van der Waals surface area contributed by atoms with Crippen molar-refractivity contribution in [2.75, 3.05) is 19.6 Å². The van der Waals surface area contributed by atoms with Crippen molar-refractivity contribution >= 4 is 16.7 Å². The SMILES string of the molecule is O=C(c1cccc2ccccc12)N1CCC2NCCC2C1. The maximum absolute atomic E-state index is 12.9. The van der Waals surface area contributed by atoms with E-state index in [1.165, 1.54) is 6.42 Å². The Hall–Kier alpha value is -1.87. The number of carbonyl (C=O) groups is 1. The van der Waals surface area contributed by atoms with Gasteiger partial charge < -0.3 is 10.2 Å². The van der Waals surface area contributed by atoms with Gasteiger partial charge in [-0.05, 0) is 42.1 Å². The zero-order chi connectivity index (χ0) is 14.2. The summed E-state index contributed by atoms with van der Waals surface area (Å²) in [4.78, 5) is 15.0. The third kappa shape index (κ3) is 2.22. The summed E-state index contributed by atoms with van der Waals surface area (Å²) in [6.07, 6.45) is 2.28. The van der Waals surface area contributed by atoms with Crippen LogP contribution in [0.1, 0.15) is 23.2 Å². The lowest BCUT2D eigenvalue weighted by Crippen LogP contribution is -2.46. The van der Waals surface area contributed by atoms with Crippen molar-refractivity contribution in [3.05, 3.63) is 48.0 Å². The molecule has 3 nitrogen and oxygen atoms in total. The van der Waals surface area contributed by atoms with Gasteiger partial charge in [0.1, 0.15) is 0 Å². The van der Waals surface area contributed by atoms with E-state index in [2.05, 4.69) is 22.3 Å². The molecule has 1 N–H and O–H groups in total. The Morgan fingerprint density at radius 1 is 1.10 bits per heavy atom. The molecule has 108 valence electrons. The Labute approximate surface area is 124 Å². The van der Waals surface area contributed by atoms with Crippen molar-refractivity contribution in [3.8, 4) is 0 Å². The monoisotopic (exact) mass is 280 g/mol. The highest BCUT2D eigenvalue weighted by atomic mass is 16.2. The number of rotatable bonds is 1. The molecular formula is C18H20N2O. The van der Waals surface area contributed by atoms with Crippen molar-refractivity contribution in [1.82, 2.24) is 10.2 Å². The number of benzene rings is 2. The van der Waals surface area contributed by atoms with Gasteiger partial charge in [-0.1, -0.05) is 36.4 Å². The van der Waals surface area contributed by atoms with Crippen LogP contribution in [0.15, 0.2) is 42.5 Å². The van der Waals surface area contributed by atoms with Crippen LogP contribution < -0.4 is 5.32 Å². The van der Waals surface area contributed by atoms with E-state index in [-0.39, 0.29) is 5.91 Å². The maximum Gasteiger partial charge on any atom is 0.254 e. The van der Waals surface area contributed by atoms with E-state index < -0.39 is 0 Å². The van der Waals surface area contributed by atoms with E-state index in [0.29, 0.717) is 12.0 Å². The van der Waals surface area contributed by atoms with E-state index in [1.54, 1.807) is 0 Å². The normalized spacial score (nSPS) is 25.0. The van der Waals surface area contributed by atoms with E-state index >= 15 is 0 Å². The molecule has 2 atom stereocenters. The first-order valence-corrected chi connectivity index (χ1v) is 7.83. The maximum atomic E-state index is 12.9. The van der Waals surface area contributed by atoms with Crippen LogP contribution in [0, 0.1) is 5.92 Å². The molecule has 21 heavy (non-hydrogen) atoms. The molecule has 0 saturated carbocycles. The van der Waals surface area contributed by atoms with Crippen molar-refractivity contribution in [2.24, 2.45) is 5.92 Å². The summed E-state index contributed by atoms with van der Waals surface area (Å²) < 4.78 is 0. The molecule has 2 aliphatic rings. The van der Waals surface area contributed by atoms with E-state index in [1.807, 2.05) is 30.3 Å². The number of amides is 1. The number of hydrogen-bond acceptors (Lipinski definition) is 2. The fraction of sp³-hybridized carbons (Fsp3) is 0.389. The molecule has 0 aliphatic carbocycles. The number of piperidine rings is 1. The molecule has 2 unspecified atom stereocenters. The third-order valence-electron chi connectivity index (χ3n) is 4.96. The van der Waals surface area contributed by atoms with Crippen LogP contribution in [0.25, 0.3) is 10.8 Å². The van der Waals surface area contributed by atoms with Gasteiger partial charge in [-0.15, -0.1) is 0 Å². The number of nitrogens with zero attached hydrogens (tertiary/aromatic N) is 1. The lowest BCUT2D eigenvalue weighted by Gasteiger charge is -2.35. The highest BCUT2D eigenvalue weighted by Crippen LogP contribution is 2.27. The summed E-state index contributed by atoms with van der Waals surface area (Å²) >= 11 is 0. The second kappa shape index (κ2) is 5.15. The van der Waals surface area contributed by atoms with Crippen LogP contribution in [-0.2, 0) is 0 Å².